The first-order chi connectivity index (χ1) is 19.9. The van der Waals surface area contributed by atoms with Gasteiger partial charge in [0, 0.05) is 11.4 Å². The lowest BCUT2D eigenvalue weighted by Crippen LogP contribution is -2.59. The second kappa shape index (κ2) is 17.3. The van der Waals surface area contributed by atoms with Crippen LogP contribution in [0.1, 0.15) is 38.1 Å². The lowest BCUT2D eigenvalue weighted by atomic mass is 9.98. The number of aliphatic hydroxyl groups excluding tert-OH is 1. The molecule has 0 saturated carbocycles. The molecule has 232 valence electrons. The fraction of sp³-hybridized carbons (Fsp3) is 0.517. The molecular weight excluding hydrogens is 562 g/mol. The van der Waals surface area contributed by atoms with Crippen LogP contribution in [0, 0.1) is 11.8 Å². The van der Waals surface area contributed by atoms with Gasteiger partial charge in [-0.05, 0) is 35.3 Å². The van der Waals surface area contributed by atoms with Crippen molar-refractivity contribution in [2.75, 3.05) is 20.8 Å². The predicted octanol–water partition coefficient (Wildman–Crippen LogP) is 2.43. The largest absolute Gasteiger partial charge is 0.453 e. The Labute approximate surface area is 251 Å². The van der Waals surface area contributed by atoms with Crippen molar-refractivity contribution in [1.29, 1.82) is 0 Å². The zero-order valence-corrected chi connectivity index (χ0v) is 25.8. The van der Waals surface area contributed by atoms with Gasteiger partial charge in [0.15, 0.2) is 0 Å². The van der Waals surface area contributed by atoms with Crippen molar-refractivity contribution in [3.63, 3.8) is 0 Å². The number of nitrogens with one attached hydrogen (secondary N) is 4. The Kier molecular flexibility index (Phi) is 14.2. The van der Waals surface area contributed by atoms with Gasteiger partial charge in [0.1, 0.15) is 12.1 Å². The van der Waals surface area contributed by atoms with Crippen molar-refractivity contribution < 1.29 is 33.8 Å². The molecule has 4 amide bonds. The molecule has 1 aromatic carbocycles. The van der Waals surface area contributed by atoms with Gasteiger partial charge in [-0.1, -0.05) is 64.1 Å². The quantitative estimate of drug-likeness (QED) is 0.194. The molecule has 5 N–H and O–H groups in total. The number of amides is 4. The van der Waals surface area contributed by atoms with E-state index < -0.39 is 48.2 Å². The summed E-state index contributed by atoms with van der Waals surface area (Å²) in [5.74, 6) is -1.47. The molecule has 0 aliphatic carbocycles. The van der Waals surface area contributed by atoms with Crippen LogP contribution in [0.5, 0.6) is 0 Å². The molecule has 2 aromatic rings. The Morgan fingerprint density at radius 1 is 0.833 bits per heavy atom. The van der Waals surface area contributed by atoms with Crippen LogP contribution in [0.4, 0.5) is 9.59 Å². The highest BCUT2D eigenvalue weighted by Crippen LogP contribution is 2.15. The van der Waals surface area contributed by atoms with E-state index in [1.165, 1.54) is 25.6 Å². The van der Waals surface area contributed by atoms with Crippen LogP contribution < -0.4 is 21.4 Å². The van der Waals surface area contributed by atoms with E-state index in [-0.39, 0.29) is 31.3 Å². The van der Waals surface area contributed by atoms with Gasteiger partial charge in [-0.2, -0.15) is 0 Å². The first-order valence-corrected chi connectivity index (χ1v) is 14.6. The number of aliphatic hydroxyl groups is 1. The number of alkyl carbamates (subject to hydrolysis) is 2. The van der Waals surface area contributed by atoms with Gasteiger partial charge >= 0.3 is 12.2 Å². The molecule has 0 unspecified atom stereocenters. The van der Waals surface area contributed by atoms with Crippen molar-refractivity contribution in [2.24, 2.45) is 11.8 Å². The maximum atomic E-state index is 13.3. The van der Waals surface area contributed by atoms with E-state index in [9.17, 15) is 24.3 Å². The number of hydrogen-bond donors (Lipinski definition) is 5. The Hall–Kier alpha value is -3.68. The first kappa shape index (κ1) is 34.5. The van der Waals surface area contributed by atoms with Gasteiger partial charge in [-0.25, -0.2) is 14.6 Å². The minimum absolute atomic E-state index is 0.0543. The molecular formula is C29H43N5O7S. The number of ether oxygens (including phenoxy) is 2. The van der Waals surface area contributed by atoms with Crippen LogP contribution in [0.15, 0.2) is 47.8 Å². The highest BCUT2D eigenvalue weighted by atomic mass is 32.1. The van der Waals surface area contributed by atoms with Crippen molar-refractivity contribution >= 4 is 35.3 Å². The zero-order chi connectivity index (χ0) is 31.2. The average Bonchev–Trinajstić information content (AvgIpc) is 3.46. The maximum absolute atomic E-state index is 13.3. The van der Waals surface area contributed by atoms with Crippen molar-refractivity contribution in [3.05, 3.63) is 58.3 Å². The van der Waals surface area contributed by atoms with Crippen LogP contribution in [-0.4, -0.2) is 79.1 Å². The van der Waals surface area contributed by atoms with E-state index in [4.69, 9.17) is 0 Å². The van der Waals surface area contributed by atoms with Crippen LogP contribution >= 0.6 is 11.3 Å². The highest BCUT2D eigenvalue weighted by Gasteiger charge is 2.32. The van der Waals surface area contributed by atoms with Gasteiger partial charge < -0.3 is 30.5 Å². The molecule has 0 spiro atoms. The molecule has 1 heterocycles. The van der Waals surface area contributed by atoms with Gasteiger partial charge in [-0.3, -0.25) is 15.0 Å². The second-order valence-corrected chi connectivity index (χ2v) is 11.6. The number of hydrazine groups is 1. The highest BCUT2D eigenvalue weighted by molar-refractivity contribution is 7.09. The minimum atomic E-state index is -1.15. The van der Waals surface area contributed by atoms with E-state index in [1.807, 2.05) is 47.8 Å². The summed E-state index contributed by atoms with van der Waals surface area (Å²) in [6, 6.07) is 10.6. The molecule has 4 atom stereocenters. The Morgan fingerprint density at radius 3 is 1.90 bits per heavy atom. The number of rotatable bonds is 15. The number of carbonyl (C=O) groups excluding carboxylic acids is 4. The summed E-state index contributed by atoms with van der Waals surface area (Å²) in [7, 11) is 2.43. The topological polar surface area (TPSA) is 158 Å². The molecule has 13 heteroatoms. The van der Waals surface area contributed by atoms with E-state index >= 15 is 0 Å². The number of benzene rings is 1. The molecule has 0 saturated heterocycles. The minimum Gasteiger partial charge on any atom is -0.453 e. The molecule has 42 heavy (non-hydrogen) atoms. The molecule has 0 radical (unpaired) electrons. The zero-order valence-electron chi connectivity index (χ0n) is 25.0. The fourth-order valence-electron chi connectivity index (χ4n) is 4.18. The monoisotopic (exact) mass is 605 g/mol. The van der Waals surface area contributed by atoms with Crippen molar-refractivity contribution in [3.8, 4) is 0 Å². The van der Waals surface area contributed by atoms with Crippen molar-refractivity contribution in [1.82, 2.24) is 26.4 Å². The normalized spacial score (nSPS) is 14.0. The number of carbonyl (C=O) groups is 4. The molecule has 12 nitrogen and oxygen atoms in total. The summed E-state index contributed by atoms with van der Waals surface area (Å²) >= 11 is 1.48. The van der Waals surface area contributed by atoms with Crippen LogP contribution in [0.3, 0.4) is 0 Å². The molecule has 2 rings (SSSR count). The summed E-state index contributed by atoms with van der Waals surface area (Å²) in [4.78, 5) is 51.3. The fourth-order valence-corrected chi connectivity index (χ4v) is 4.90. The second-order valence-electron chi connectivity index (χ2n) is 10.5. The van der Waals surface area contributed by atoms with E-state index in [0.29, 0.717) is 0 Å². The third-order valence-electron chi connectivity index (χ3n) is 6.51. The van der Waals surface area contributed by atoms with Crippen molar-refractivity contribution in [2.45, 2.75) is 64.9 Å². The lowest BCUT2D eigenvalue weighted by Gasteiger charge is -2.33. The van der Waals surface area contributed by atoms with Crippen LogP contribution in [0.25, 0.3) is 0 Å². The van der Waals surface area contributed by atoms with Gasteiger partial charge in [0.2, 0.25) is 5.91 Å². The average molecular weight is 606 g/mol. The molecule has 0 fully saturated rings. The third kappa shape index (κ3) is 11.3. The standard InChI is InChI=1S/C29H43N5O7S/c1-18(2)24(31-28(38)40-5)26(36)30-22(15-20-11-8-7-9-12-20)23(35)17-34(16-21-13-10-14-42-21)33-27(37)25(19(3)4)32-29(39)41-6/h7-14,18-19,22-25,35H,15-17H2,1-6H3,(H,30,36)(H,31,38)(H,32,39)(H,33,37)/t22-,23-,24-,25-/m0/s1. The molecule has 1 aromatic heterocycles. The third-order valence-corrected chi connectivity index (χ3v) is 7.37. The Bertz CT molecular complexity index is 1130. The summed E-state index contributed by atoms with van der Waals surface area (Å²) in [5, 5.41) is 23.0. The SMILES string of the molecule is COC(=O)N[C@H](C(=O)N[C@@H](Cc1ccccc1)[C@@H](O)CN(Cc1cccs1)NC(=O)[C@@H](NC(=O)OC)C(C)C)C(C)C. The molecule has 0 aliphatic rings. The smallest absolute Gasteiger partial charge is 0.407 e. The maximum Gasteiger partial charge on any atom is 0.407 e. The number of methoxy groups -OCH3 is 2. The predicted molar refractivity (Wildman–Crippen MR) is 159 cm³/mol. The number of nitrogens with zero attached hydrogens (tertiary/aromatic N) is 1. The summed E-state index contributed by atoms with van der Waals surface area (Å²) in [6.07, 6.45) is -2.34. The van der Waals surface area contributed by atoms with Gasteiger partial charge in [0.25, 0.3) is 5.91 Å². The lowest BCUT2D eigenvalue weighted by molar-refractivity contribution is -0.131. The summed E-state index contributed by atoms with van der Waals surface area (Å²) < 4.78 is 9.35. The van der Waals surface area contributed by atoms with E-state index in [1.54, 1.807) is 32.7 Å². The van der Waals surface area contributed by atoms with E-state index in [2.05, 4.69) is 30.8 Å². The molecule has 0 aliphatic heterocycles. The Morgan fingerprint density at radius 2 is 1.40 bits per heavy atom. The van der Waals surface area contributed by atoms with Crippen LogP contribution in [0.2, 0.25) is 0 Å². The summed E-state index contributed by atoms with van der Waals surface area (Å²) in [6.45, 7) is 7.37. The molecule has 0 bridgehead atoms. The first-order valence-electron chi connectivity index (χ1n) is 13.7. The number of hydrogen-bond acceptors (Lipinski definition) is 9. The van der Waals surface area contributed by atoms with Gasteiger partial charge in [0.05, 0.1) is 32.9 Å². The number of thiophene rings is 1. The Balaban J connectivity index is 2.31. The van der Waals surface area contributed by atoms with E-state index in [0.717, 1.165) is 10.4 Å². The summed E-state index contributed by atoms with van der Waals surface area (Å²) in [5.41, 5.74) is 3.70. The van der Waals surface area contributed by atoms with Gasteiger partial charge in [-0.15, -0.1) is 11.3 Å². The van der Waals surface area contributed by atoms with Crippen LogP contribution in [-0.2, 0) is 32.0 Å².